The summed E-state index contributed by atoms with van der Waals surface area (Å²) in [4.78, 5) is 21.5. The summed E-state index contributed by atoms with van der Waals surface area (Å²) < 4.78 is 7.10. The van der Waals surface area contributed by atoms with E-state index in [1.165, 1.54) is 0 Å². The van der Waals surface area contributed by atoms with E-state index in [0.29, 0.717) is 19.6 Å². The fourth-order valence-electron chi connectivity index (χ4n) is 4.47. The summed E-state index contributed by atoms with van der Waals surface area (Å²) >= 11 is 0. The Morgan fingerprint density at radius 3 is 2.75 bits per heavy atom. The summed E-state index contributed by atoms with van der Waals surface area (Å²) in [6, 6.07) is 16.3. The number of carbonyl (C=O) groups excluding carboxylic acids is 1. The number of ether oxygens (including phenoxy) is 1. The van der Waals surface area contributed by atoms with Crippen LogP contribution in [0.15, 0.2) is 48.5 Å². The summed E-state index contributed by atoms with van der Waals surface area (Å²) in [5.74, 6) is 1.58. The van der Waals surface area contributed by atoms with Gasteiger partial charge in [0.25, 0.3) is 0 Å². The molecular formula is C24H26N6O2. The van der Waals surface area contributed by atoms with Gasteiger partial charge in [0.1, 0.15) is 6.61 Å². The third kappa shape index (κ3) is 3.46. The molecule has 1 fully saturated rings. The van der Waals surface area contributed by atoms with E-state index < -0.39 is 0 Å². The lowest BCUT2D eigenvalue weighted by molar-refractivity contribution is -0.137. The molecule has 0 unspecified atom stereocenters. The lowest BCUT2D eigenvalue weighted by Crippen LogP contribution is -2.55. The molecule has 0 saturated carbocycles. The number of methoxy groups -OCH3 is 1. The highest BCUT2D eigenvalue weighted by atomic mass is 16.5. The number of hydrogen-bond donors (Lipinski definition) is 0. The Hall–Kier alpha value is -3.52. The summed E-state index contributed by atoms with van der Waals surface area (Å²) in [5.41, 5.74) is 3.82. The minimum Gasteiger partial charge on any atom is -0.375 e. The van der Waals surface area contributed by atoms with Crippen LogP contribution in [-0.4, -0.2) is 69.8 Å². The number of carbonyl (C=O) groups is 1. The number of hydrogen-bond acceptors (Lipinski definition) is 6. The Morgan fingerprint density at radius 1 is 1.12 bits per heavy atom. The zero-order chi connectivity index (χ0) is 22.2. The molecule has 0 radical (unpaired) electrons. The molecule has 4 aromatic rings. The average molecular weight is 431 g/mol. The number of nitrogens with zero attached hydrogens (tertiary/aromatic N) is 6. The number of piperazine rings is 1. The lowest BCUT2D eigenvalue weighted by Gasteiger charge is -2.40. The number of fused-ring (bicyclic) bond motifs is 3. The molecule has 0 N–H and O–H groups in total. The number of aryl methyl sites for hydroxylation is 1. The zero-order valence-electron chi connectivity index (χ0n) is 18.5. The van der Waals surface area contributed by atoms with E-state index in [0.717, 1.165) is 39.4 Å². The van der Waals surface area contributed by atoms with Crippen molar-refractivity contribution in [2.45, 2.75) is 19.9 Å². The van der Waals surface area contributed by atoms with Crippen LogP contribution in [0.5, 0.6) is 0 Å². The van der Waals surface area contributed by atoms with E-state index in [-0.39, 0.29) is 18.6 Å². The van der Waals surface area contributed by atoms with Crippen molar-refractivity contribution in [3.63, 3.8) is 0 Å². The first-order valence-corrected chi connectivity index (χ1v) is 10.8. The first-order chi connectivity index (χ1) is 15.6. The molecule has 0 bridgehead atoms. The van der Waals surface area contributed by atoms with Crippen molar-refractivity contribution < 1.29 is 9.53 Å². The molecule has 8 heteroatoms. The smallest absolute Gasteiger partial charge is 0.248 e. The van der Waals surface area contributed by atoms with Crippen molar-refractivity contribution >= 4 is 28.4 Å². The van der Waals surface area contributed by atoms with E-state index in [9.17, 15) is 4.79 Å². The van der Waals surface area contributed by atoms with Gasteiger partial charge in [0.2, 0.25) is 11.9 Å². The minimum atomic E-state index is 0.0148. The maximum atomic E-state index is 12.4. The summed E-state index contributed by atoms with van der Waals surface area (Å²) in [7, 11) is 1.55. The highest BCUT2D eigenvalue weighted by Crippen LogP contribution is 2.29. The van der Waals surface area contributed by atoms with E-state index in [1.54, 1.807) is 7.11 Å². The fourth-order valence-corrected chi connectivity index (χ4v) is 4.47. The Kier molecular flexibility index (Phi) is 5.22. The third-order valence-electron chi connectivity index (χ3n) is 6.00. The zero-order valence-corrected chi connectivity index (χ0v) is 18.5. The van der Waals surface area contributed by atoms with Crippen LogP contribution in [0.4, 0.5) is 5.95 Å². The number of para-hydroxylation sites is 1. The van der Waals surface area contributed by atoms with Gasteiger partial charge in [-0.2, -0.15) is 0 Å². The summed E-state index contributed by atoms with van der Waals surface area (Å²) in [6.07, 6.45) is 0. The SMILES string of the molecule is COCC(=O)N1CCN(c2nc3ccccc3c3nnc(-c4cccc(C)c4)n23)C[C@H]1C. The minimum absolute atomic E-state index is 0.0148. The molecule has 8 nitrogen and oxygen atoms in total. The quantitative estimate of drug-likeness (QED) is 0.496. The van der Waals surface area contributed by atoms with Crippen molar-refractivity contribution in [3.05, 3.63) is 54.1 Å². The Morgan fingerprint density at radius 2 is 1.97 bits per heavy atom. The van der Waals surface area contributed by atoms with Gasteiger partial charge >= 0.3 is 0 Å². The summed E-state index contributed by atoms with van der Waals surface area (Å²) in [6.45, 7) is 6.19. The normalized spacial score (nSPS) is 16.8. The summed E-state index contributed by atoms with van der Waals surface area (Å²) in [5, 5.41) is 10.1. The van der Waals surface area contributed by atoms with Gasteiger partial charge in [0, 0.05) is 43.7 Å². The van der Waals surface area contributed by atoms with Crippen LogP contribution in [0.3, 0.4) is 0 Å². The van der Waals surface area contributed by atoms with Crippen LogP contribution in [0, 0.1) is 6.92 Å². The van der Waals surface area contributed by atoms with E-state index in [4.69, 9.17) is 9.72 Å². The van der Waals surface area contributed by atoms with Crippen LogP contribution in [-0.2, 0) is 9.53 Å². The van der Waals surface area contributed by atoms with Gasteiger partial charge in [-0.15, -0.1) is 10.2 Å². The molecule has 5 rings (SSSR count). The molecule has 1 aliphatic heterocycles. The van der Waals surface area contributed by atoms with E-state index in [2.05, 4.69) is 45.5 Å². The van der Waals surface area contributed by atoms with Crippen LogP contribution in [0.1, 0.15) is 12.5 Å². The molecule has 0 spiro atoms. The molecule has 1 aliphatic rings. The van der Waals surface area contributed by atoms with Gasteiger partial charge in [-0.05, 0) is 32.0 Å². The van der Waals surface area contributed by atoms with Gasteiger partial charge in [0.05, 0.1) is 5.52 Å². The van der Waals surface area contributed by atoms with Crippen LogP contribution >= 0.6 is 0 Å². The second-order valence-electron chi connectivity index (χ2n) is 8.30. The van der Waals surface area contributed by atoms with Crippen LogP contribution in [0.2, 0.25) is 0 Å². The Balaban J connectivity index is 1.63. The Labute approximate surface area is 186 Å². The molecule has 1 saturated heterocycles. The molecule has 2 aromatic carbocycles. The lowest BCUT2D eigenvalue weighted by atomic mass is 10.1. The predicted molar refractivity (Wildman–Crippen MR) is 124 cm³/mol. The number of amides is 1. The molecule has 164 valence electrons. The molecular weight excluding hydrogens is 404 g/mol. The highest BCUT2D eigenvalue weighted by Gasteiger charge is 2.30. The Bertz CT molecular complexity index is 1300. The van der Waals surface area contributed by atoms with Crippen molar-refractivity contribution in [3.8, 4) is 11.4 Å². The average Bonchev–Trinajstić information content (AvgIpc) is 3.24. The topological polar surface area (TPSA) is 75.9 Å². The first kappa shape index (κ1) is 20.4. The monoisotopic (exact) mass is 430 g/mol. The van der Waals surface area contributed by atoms with E-state index in [1.807, 2.05) is 41.3 Å². The number of aromatic nitrogens is 4. The predicted octanol–water partition coefficient (Wildman–Crippen LogP) is 2.94. The second kappa shape index (κ2) is 8.20. The van der Waals surface area contributed by atoms with Gasteiger partial charge < -0.3 is 14.5 Å². The van der Waals surface area contributed by atoms with Crippen LogP contribution in [0.25, 0.3) is 27.9 Å². The van der Waals surface area contributed by atoms with Gasteiger partial charge in [0.15, 0.2) is 11.5 Å². The highest BCUT2D eigenvalue weighted by molar-refractivity contribution is 5.93. The van der Waals surface area contributed by atoms with E-state index >= 15 is 0 Å². The fraction of sp³-hybridized carbons (Fsp3) is 0.333. The molecule has 0 aliphatic carbocycles. The molecule has 2 aromatic heterocycles. The van der Waals surface area contributed by atoms with Crippen molar-refractivity contribution in [2.75, 3.05) is 38.3 Å². The molecule has 3 heterocycles. The van der Waals surface area contributed by atoms with Gasteiger partial charge in [-0.3, -0.25) is 4.79 Å². The molecule has 1 amide bonds. The number of rotatable bonds is 4. The molecule has 1 atom stereocenters. The first-order valence-electron chi connectivity index (χ1n) is 10.8. The van der Waals surface area contributed by atoms with Crippen molar-refractivity contribution in [1.82, 2.24) is 24.5 Å². The molecule has 32 heavy (non-hydrogen) atoms. The largest absolute Gasteiger partial charge is 0.375 e. The second-order valence-corrected chi connectivity index (χ2v) is 8.30. The number of anilines is 1. The van der Waals surface area contributed by atoms with Crippen molar-refractivity contribution in [1.29, 1.82) is 0 Å². The van der Waals surface area contributed by atoms with Gasteiger partial charge in [-0.1, -0.05) is 35.9 Å². The maximum Gasteiger partial charge on any atom is 0.248 e. The maximum absolute atomic E-state index is 12.4. The third-order valence-corrected chi connectivity index (χ3v) is 6.00. The van der Waals surface area contributed by atoms with Gasteiger partial charge in [-0.25, -0.2) is 9.38 Å². The number of benzene rings is 2. The van der Waals surface area contributed by atoms with Crippen LogP contribution < -0.4 is 4.90 Å². The standard InChI is InChI=1S/C24H26N6O2/c1-16-7-6-8-18(13-16)22-26-27-23-19-9-4-5-10-20(19)25-24(30(22)23)28-11-12-29(17(2)14-28)21(31)15-32-3/h4-10,13,17H,11-12,14-15H2,1-3H3/t17-/m1/s1. The van der Waals surface area contributed by atoms with Crippen molar-refractivity contribution in [2.24, 2.45) is 0 Å².